The van der Waals surface area contributed by atoms with Crippen molar-refractivity contribution < 1.29 is 37.0 Å². The van der Waals surface area contributed by atoms with Crippen LogP contribution >= 0.6 is 7.60 Å². The predicted octanol–water partition coefficient (Wildman–Crippen LogP) is 2.47. The molecule has 1 aliphatic rings. The second kappa shape index (κ2) is 7.09. The molecule has 166 valence electrons. The van der Waals surface area contributed by atoms with Gasteiger partial charge in [0.05, 0.1) is 29.1 Å². The first-order valence-corrected chi connectivity index (χ1v) is 10.7. The van der Waals surface area contributed by atoms with Gasteiger partial charge in [-0.2, -0.15) is 8.78 Å². The lowest BCUT2D eigenvalue weighted by molar-refractivity contribution is 0.0703. The molecule has 0 saturated heterocycles. The molecule has 2 N–H and O–H groups in total. The van der Waals surface area contributed by atoms with Crippen LogP contribution in [0, 0.1) is 5.82 Å². The molecular weight excluding hydrogens is 454 g/mol. The van der Waals surface area contributed by atoms with E-state index in [-0.39, 0.29) is 34.5 Å². The summed E-state index contributed by atoms with van der Waals surface area (Å²) < 4.78 is 65.0. The van der Waals surface area contributed by atoms with Crippen molar-refractivity contribution >= 4 is 34.8 Å². The molecule has 0 unspecified atom stereocenters. The maximum absolute atomic E-state index is 14.3. The van der Waals surface area contributed by atoms with Crippen LogP contribution in [0.4, 0.5) is 13.2 Å². The van der Waals surface area contributed by atoms with E-state index >= 15 is 0 Å². The molecule has 1 aliphatic heterocycles. The van der Waals surface area contributed by atoms with Gasteiger partial charge < -0.3 is 19.3 Å². The first kappa shape index (κ1) is 20.6. The molecule has 0 amide bonds. The molecule has 13 heteroatoms. The fourth-order valence-electron chi connectivity index (χ4n) is 3.79. The van der Waals surface area contributed by atoms with Crippen LogP contribution in [0.3, 0.4) is 0 Å². The Morgan fingerprint density at radius 3 is 2.66 bits per heavy atom. The first-order chi connectivity index (χ1) is 15.2. The van der Waals surface area contributed by atoms with Crippen LogP contribution in [0.1, 0.15) is 12.1 Å². The van der Waals surface area contributed by atoms with Gasteiger partial charge in [-0.3, -0.25) is 9.13 Å². The Morgan fingerprint density at radius 2 is 1.97 bits per heavy atom. The Balaban J connectivity index is 1.75. The average Bonchev–Trinajstić information content (AvgIpc) is 3.30. The summed E-state index contributed by atoms with van der Waals surface area (Å²) in [5.74, 6) is -0.441. The molecular formula is C19H13F3N3O6P. The van der Waals surface area contributed by atoms with Crippen molar-refractivity contribution in [3.63, 3.8) is 0 Å². The van der Waals surface area contributed by atoms with Crippen LogP contribution in [0.15, 0.2) is 41.3 Å². The summed E-state index contributed by atoms with van der Waals surface area (Å²) in [5.41, 5.74) is -0.625. The number of pyridine rings is 1. The van der Waals surface area contributed by atoms with E-state index in [1.54, 1.807) is 12.1 Å². The zero-order valence-corrected chi connectivity index (χ0v) is 16.8. The summed E-state index contributed by atoms with van der Waals surface area (Å²) in [7, 11) is -4.84. The number of rotatable bonds is 4. The highest BCUT2D eigenvalue weighted by molar-refractivity contribution is 7.60. The zero-order valence-electron chi connectivity index (χ0n) is 15.9. The third kappa shape index (κ3) is 3.07. The number of hydrogen-bond donors (Lipinski definition) is 2. The van der Waals surface area contributed by atoms with Crippen LogP contribution < -0.4 is 20.5 Å². The van der Waals surface area contributed by atoms with E-state index in [9.17, 15) is 32.3 Å². The average molecular weight is 467 g/mol. The monoisotopic (exact) mass is 467 g/mol. The lowest BCUT2D eigenvalue weighted by Gasteiger charge is -2.10. The van der Waals surface area contributed by atoms with Gasteiger partial charge in [0.2, 0.25) is 6.79 Å². The fourth-order valence-corrected chi connectivity index (χ4v) is 4.40. The van der Waals surface area contributed by atoms with Crippen molar-refractivity contribution in [3.05, 3.63) is 58.4 Å². The van der Waals surface area contributed by atoms with Gasteiger partial charge >= 0.3 is 19.8 Å². The Hall–Kier alpha value is -3.34. The van der Waals surface area contributed by atoms with Crippen LogP contribution in [0.2, 0.25) is 0 Å². The first-order valence-electron chi connectivity index (χ1n) is 9.11. The van der Waals surface area contributed by atoms with Gasteiger partial charge in [-0.05, 0) is 29.8 Å². The number of halogens is 3. The van der Waals surface area contributed by atoms with E-state index < -0.39 is 31.0 Å². The fraction of sp³-hybridized carbons (Fsp3) is 0.158. The quantitative estimate of drug-likeness (QED) is 0.443. The molecule has 3 heterocycles. The van der Waals surface area contributed by atoms with E-state index in [0.717, 1.165) is 22.9 Å². The largest absolute Gasteiger partial charge is 0.454 e. The molecule has 0 atom stereocenters. The van der Waals surface area contributed by atoms with Crippen molar-refractivity contribution in [2.75, 3.05) is 6.79 Å². The van der Waals surface area contributed by atoms with Crippen molar-refractivity contribution in [1.29, 1.82) is 0 Å². The molecule has 0 saturated carbocycles. The normalized spacial score (nSPS) is 13.6. The summed E-state index contributed by atoms with van der Waals surface area (Å²) in [4.78, 5) is 35.4. The molecule has 2 aromatic carbocycles. The summed E-state index contributed by atoms with van der Waals surface area (Å²) >= 11 is 0. The molecule has 0 radical (unpaired) electrons. The van der Waals surface area contributed by atoms with Crippen LogP contribution in [0.5, 0.6) is 11.5 Å². The van der Waals surface area contributed by atoms with E-state index in [4.69, 9.17) is 9.47 Å². The maximum Gasteiger partial charge on any atom is 0.359 e. The topological polar surface area (TPSA) is 116 Å². The van der Waals surface area contributed by atoms with Crippen molar-refractivity contribution in [3.8, 4) is 11.5 Å². The Morgan fingerprint density at radius 1 is 1.19 bits per heavy atom. The number of fused-ring (bicyclic) bond motifs is 5. The molecule has 32 heavy (non-hydrogen) atoms. The van der Waals surface area contributed by atoms with Gasteiger partial charge in [-0.15, -0.1) is 0 Å². The molecule has 4 aromatic rings. The molecule has 0 spiro atoms. The summed E-state index contributed by atoms with van der Waals surface area (Å²) in [6.07, 6.45) is 1.13. The Kier molecular flexibility index (Phi) is 4.55. The highest BCUT2D eigenvalue weighted by Gasteiger charge is 2.26. The number of hydrogen-bond acceptors (Lipinski definition) is 5. The molecule has 9 nitrogen and oxygen atoms in total. The number of ether oxygens (including phenoxy) is 2. The van der Waals surface area contributed by atoms with Crippen LogP contribution in [-0.4, -0.2) is 30.7 Å². The minimum Gasteiger partial charge on any atom is -0.454 e. The van der Waals surface area contributed by atoms with Crippen LogP contribution in [-0.2, 0) is 11.1 Å². The number of nitrogens with zero attached hydrogens (tertiary/aromatic N) is 3. The Bertz CT molecular complexity index is 1510. The van der Waals surface area contributed by atoms with Gasteiger partial charge in [0.25, 0.3) is 0 Å². The third-order valence-corrected chi connectivity index (χ3v) is 6.15. The van der Waals surface area contributed by atoms with Gasteiger partial charge in [0, 0.05) is 5.39 Å². The molecule has 0 bridgehead atoms. The van der Waals surface area contributed by atoms with Crippen molar-refractivity contribution in [2.24, 2.45) is 0 Å². The second-order valence-electron chi connectivity index (χ2n) is 7.03. The van der Waals surface area contributed by atoms with Gasteiger partial charge in [0.15, 0.2) is 11.5 Å². The highest BCUT2D eigenvalue weighted by Crippen LogP contribution is 2.40. The van der Waals surface area contributed by atoms with E-state index in [0.29, 0.717) is 22.4 Å². The highest BCUT2D eigenvalue weighted by atomic mass is 31.2. The SMILES string of the molecule is O=c1n(Cc2ccc(P(=O)(O)O)c(F)c2)c2c3ccc4c(c3ncc2n1C(F)F)OCO4. The van der Waals surface area contributed by atoms with Crippen molar-refractivity contribution in [1.82, 2.24) is 14.1 Å². The third-order valence-electron chi connectivity index (χ3n) is 5.15. The maximum atomic E-state index is 14.3. The Labute approximate surface area is 176 Å². The van der Waals surface area contributed by atoms with Crippen molar-refractivity contribution in [2.45, 2.75) is 13.1 Å². The van der Waals surface area contributed by atoms with Crippen LogP contribution in [0.25, 0.3) is 21.9 Å². The van der Waals surface area contributed by atoms with E-state index in [2.05, 4.69) is 4.98 Å². The molecule has 5 rings (SSSR count). The number of imidazole rings is 1. The zero-order chi connectivity index (χ0) is 22.8. The van der Waals surface area contributed by atoms with E-state index in [1.807, 2.05) is 0 Å². The molecule has 0 aliphatic carbocycles. The number of aromatic nitrogens is 3. The minimum atomic E-state index is -4.84. The van der Waals surface area contributed by atoms with E-state index in [1.165, 1.54) is 6.07 Å². The summed E-state index contributed by atoms with van der Waals surface area (Å²) in [6, 6.07) is 6.09. The lowest BCUT2D eigenvalue weighted by Crippen LogP contribution is -2.25. The number of alkyl halides is 2. The molecule has 2 aromatic heterocycles. The van der Waals surface area contributed by atoms with Gasteiger partial charge in [-0.25, -0.2) is 18.7 Å². The standard InChI is InChI=1S/C19H13F3N3O6P/c20-11-5-9(1-4-14(11)32(27,28)29)7-24-16-10-2-3-13-17(31-8-30-13)15(10)23-6-12(16)25(18(21)22)19(24)26/h1-6,18H,7-8H2,(H2,27,28,29). The second-order valence-corrected chi connectivity index (χ2v) is 8.60. The number of benzene rings is 2. The van der Waals surface area contributed by atoms with Gasteiger partial charge in [-0.1, -0.05) is 6.07 Å². The lowest BCUT2D eigenvalue weighted by atomic mass is 10.1. The summed E-state index contributed by atoms with van der Waals surface area (Å²) in [6.45, 7) is -3.53. The molecule has 0 fully saturated rings. The smallest absolute Gasteiger partial charge is 0.359 e. The minimum absolute atomic E-state index is 0.0375. The summed E-state index contributed by atoms with van der Waals surface area (Å²) in [5, 5.41) is -0.457. The van der Waals surface area contributed by atoms with Gasteiger partial charge in [0.1, 0.15) is 11.3 Å². The predicted molar refractivity (Wildman–Crippen MR) is 106 cm³/mol.